The van der Waals surface area contributed by atoms with Gasteiger partial charge in [-0.2, -0.15) is 0 Å². The van der Waals surface area contributed by atoms with Crippen LogP contribution in [0.2, 0.25) is 10.0 Å². The molecule has 0 amide bonds. The molecule has 0 N–H and O–H groups in total. The second-order valence-corrected chi connectivity index (χ2v) is 5.04. The molecule has 3 rings (SSSR count). The number of hydrogen-bond donors (Lipinski definition) is 0. The maximum Gasteiger partial charge on any atom is 0.269 e. The van der Waals surface area contributed by atoms with Crippen LogP contribution in [0.15, 0.2) is 30.3 Å². The SMILES string of the molecule is O=[N+]([O-])c1ccc2c(c1)Cc1cc(Cl)cc(Cl)c1-2. The van der Waals surface area contributed by atoms with Gasteiger partial charge in [-0.15, -0.1) is 0 Å². The fourth-order valence-electron chi connectivity index (χ4n) is 2.36. The number of halogens is 2. The molecule has 0 aliphatic heterocycles. The molecule has 0 unspecified atom stereocenters. The molecule has 0 saturated heterocycles. The van der Waals surface area contributed by atoms with E-state index >= 15 is 0 Å². The Morgan fingerprint density at radius 3 is 2.61 bits per heavy atom. The summed E-state index contributed by atoms with van der Waals surface area (Å²) in [6, 6.07) is 8.39. The van der Waals surface area contributed by atoms with Crippen LogP contribution >= 0.6 is 23.2 Å². The lowest BCUT2D eigenvalue weighted by atomic mass is 10.1. The highest BCUT2D eigenvalue weighted by atomic mass is 35.5. The number of nitro groups is 1. The van der Waals surface area contributed by atoms with Gasteiger partial charge in [0.1, 0.15) is 0 Å². The van der Waals surface area contributed by atoms with Crippen LogP contribution < -0.4 is 0 Å². The first-order valence-corrected chi connectivity index (χ1v) is 6.07. The lowest BCUT2D eigenvalue weighted by Gasteiger charge is -2.04. The Kier molecular flexibility index (Phi) is 2.54. The third-order valence-electron chi connectivity index (χ3n) is 3.09. The smallest absolute Gasteiger partial charge is 0.258 e. The number of nitro benzene ring substituents is 1. The Balaban J connectivity index is 2.21. The average molecular weight is 280 g/mol. The molecule has 0 radical (unpaired) electrons. The zero-order valence-corrected chi connectivity index (χ0v) is 10.6. The first-order valence-electron chi connectivity index (χ1n) is 5.32. The second-order valence-electron chi connectivity index (χ2n) is 4.20. The van der Waals surface area contributed by atoms with E-state index in [-0.39, 0.29) is 5.69 Å². The fraction of sp³-hybridized carbons (Fsp3) is 0.0769. The van der Waals surface area contributed by atoms with Crippen molar-refractivity contribution >= 4 is 28.9 Å². The minimum Gasteiger partial charge on any atom is -0.258 e. The van der Waals surface area contributed by atoms with E-state index < -0.39 is 4.92 Å². The summed E-state index contributed by atoms with van der Waals surface area (Å²) < 4.78 is 0. The quantitative estimate of drug-likeness (QED) is 0.487. The van der Waals surface area contributed by atoms with Crippen LogP contribution in [0.1, 0.15) is 11.1 Å². The Morgan fingerprint density at radius 2 is 1.89 bits per heavy atom. The Hall–Kier alpha value is -1.58. The number of rotatable bonds is 1. The van der Waals surface area contributed by atoms with Crippen LogP contribution in [-0.4, -0.2) is 4.92 Å². The molecule has 0 atom stereocenters. The molecule has 18 heavy (non-hydrogen) atoms. The highest BCUT2D eigenvalue weighted by molar-refractivity contribution is 6.37. The number of nitrogens with zero attached hydrogens (tertiary/aromatic N) is 1. The average Bonchev–Trinajstić information content (AvgIpc) is 2.65. The van der Waals surface area contributed by atoms with Crippen LogP contribution in [-0.2, 0) is 6.42 Å². The Bertz CT molecular complexity index is 683. The van der Waals surface area contributed by atoms with E-state index in [9.17, 15) is 10.1 Å². The van der Waals surface area contributed by atoms with E-state index in [1.165, 1.54) is 6.07 Å². The predicted octanol–water partition coefficient (Wildman–Crippen LogP) is 4.47. The molecule has 0 bridgehead atoms. The van der Waals surface area contributed by atoms with Gasteiger partial charge in [-0.1, -0.05) is 23.2 Å². The zero-order chi connectivity index (χ0) is 12.9. The topological polar surface area (TPSA) is 43.1 Å². The van der Waals surface area contributed by atoms with Crippen molar-refractivity contribution < 1.29 is 4.92 Å². The summed E-state index contributed by atoms with van der Waals surface area (Å²) >= 11 is 12.1. The van der Waals surface area contributed by atoms with Gasteiger partial charge in [0, 0.05) is 22.7 Å². The number of benzene rings is 2. The summed E-state index contributed by atoms with van der Waals surface area (Å²) in [6.07, 6.45) is 0.632. The fourth-order valence-corrected chi connectivity index (χ4v) is 2.99. The van der Waals surface area contributed by atoms with Gasteiger partial charge in [0.15, 0.2) is 0 Å². The van der Waals surface area contributed by atoms with Crippen molar-refractivity contribution in [1.82, 2.24) is 0 Å². The van der Waals surface area contributed by atoms with Crippen molar-refractivity contribution in [3.8, 4) is 11.1 Å². The Morgan fingerprint density at radius 1 is 1.11 bits per heavy atom. The molecular weight excluding hydrogens is 273 g/mol. The molecule has 2 aromatic carbocycles. The van der Waals surface area contributed by atoms with Crippen LogP contribution in [0, 0.1) is 10.1 Å². The van der Waals surface area contributed by atoms with Crippen molar-refractivity contribution in [2.24, 2.45) is 0 Å². The molecule has 0 aromatic heterocycles. The molecule has 90 valence electrons. The number of hydrogen-bond acceptors (Lipinski definition) is 2. The van der Waals surface area contributed by atoms with Gasteiger partial charge in [-0.25, -0.2) is 0 Å². The highest BCUT2D eigenvalue weighted by Crippen LogP contribution is 2.43. The summed E-state index contributed by atoms with van der Waals surface area (Å²) in [5.41, 5.74) is 3.93. The van der Waals surface area contributed by atoms with Gasteiger partial charge in [-0.3, -0.25) is 10.1 Å². The van der Waals surface area contributed by atoms with Gasteiger partial charge < -0.3 is 0 Å². The largest absolute Gasteiger partial charge is 0.269 e. The summed E-state index contributed by atoms with van der Waals surface area (Å²) in [7, 11) is 0. The van der Waals surface area contributed by atoms with Crippen LogP contribution in [0.25, 0.3) is 11.1 Å². The molecular formula is C13H7Cl2NO2. The van der Waals surface area contributed by atoms with Crippen molar-refractivity contribution in [1.29, 1.82) is 0 Å². The lowest BCUT2D eigenvalue weighted by Crippen LogP contribution is -1.89. The van der Waals surface area contributed by atoms with E-state index in [0.29, 0.717) is 16.5 Å². The first kappa shape index (κ1) is 11.5. The van der Waals surface area contributed by atoms with Crippen molar-refractivity contribution in [3.05, 3.63) is 61.6 Å². The van der Waals surface area contributed by atoms with Gasteiger partial charge in [0.25, 0.3) is 5.69 Å². The predicted molar refractivity (Wildman–Crippen MR) is 71.4 cm³/mol. The van der Waals surface area contributed by atoms with E-state index in [4.69, 9.17) is 23.2 Å². The van der Waals surface area contributed by atoms with Gasteiger partial charge in [0.05, 0.1) is 9.95 Å². The monoisotopic (exact) mass is 279 g/mol. The lowest BCUT2D eigenvalue weighted by molar-refractivity contribution is -0.384. The summed E-state index contributed by atoms with van der Waals surface area (Å²) in [4.78, 5) is 10.4. The highest BCUT2D eigenvalue weighted by Gasteiger charge is 2.23. The molecule has 2 aromatic rings. The second kappa shape index (κ2) is 3.97. The van der Waals surface area contributed by atoms with Crippen LogP contribution in [0.4, 0.5) is 5.69 Å². The van der Waals surface area contributed by atoms with E-state index in [0.717, 1.165) is 22.3 Å². The molecule has 1 aliphatic carbocycles. The van der Waals surface area contributed by atoms with Crippen LogP contribution in [0.5, 0.6) is 0 Å². The molecule has 0 heterocycles. The van der Waals surface area contributed by atoms with Gasteiger partial charge >= 0.3 is 0 Å². The van der Waals surface area contributed by atoms with Gasteiger partial charge in [0.2, 0.25) is 0 Å². The summed E-state index contributed by atoms with van der Waals surface area (Å²) in [6.45, 7) is 0. The first-order chi connectivity index (χ1) is 8.56. The Labute approximate surface area is 113 Å². The van der Waals surface area contributed by atoms with Crippen LogP contribution in [0.3, 0.4) is 0 Å². The minimum atomic E-state index is -0.391. The van der Waals surface area contributed by atoms with Crippen molar-refractivity contribution in [2.45, 2.75) is 6.42 Å². The van der Waals surface area contributed by atoms with Crippen molar-refractivity contribution in [2.75, 3.05) is 0 Å². The van der Waals surface area contributed by atoms with E-state index in [1.54, 1.807) is 18.2 Å². The van der Waals surface area contributed by atoms with Crippen molar-refractivity contribution in [3.63, 3.8) is 0 Å². The van der Waals surface area contributed by atoms with Gasteiger partial charge in [-0.05, 0) is 41.3 Å². The van der Waals surface area contributed by atoms with E-state index in [2.05, 4.69) is 0 Å². The molecule has 5 heteroatoms. The molecule has 0 fully saturated rings. The third-order valence-corrected chi connectivity index (χ3v) is 3.60. The normalized spacial score (nSPS) is 12.1. The third kappa shape index (κ3) is 1.67. The number of non-ortho nitro benzene ring substituents is 1. The maximum atomic E-state index is 10.8. The molecule has 0 saturated carbocycles. The standard InChI is InChI=1S/C13H7Cl2NO2/c14-9-4-8-3-7-5-10(16(17)18)1-2-11(7)13(8)12(15)6-9/h1-2,4-6H,3H2. The molecule has 0 spiro atoms. The molecule has 3 nitrogen and oxygen atoms in total. The van der Waals surface area contributed by atoms with E-state index in [1.807, 2.05) is 6.07 Å². The summed E-state index contributed by atoms with van der Waals surface area (Å²) in [5, 5.41) is 11.9. The number of fused-ring (bicyclic) bond motifs is 3. The molecule has 1 aliphatic rings. The summed E-state index contributed by atoms with van der Waals surface area (Å²) in [5.74, 6) is 0. The minimum absolute atomic E-state index is 0.101. The zero-order valence-electron chi connectivity index (χ0n) is 9.11. The maximum absolute atomic E-state index is 10.8.